The summed E-state index contributed by atoms with van der Waals surface area (Å²) in [4.78, 5) is 12.3. The van der Waals surface area contributed by atoms with E-state index in [4.69, 9.17) is 0 Å². The van der Waals surface area contributed by atoms with E-state index >= 15 is 0 Å². The largest absolute Gasteiger partial charge is 0.320 e. The Kier molecular flexibility index (Phi) is 5.50. The summed E-state index contributed by atoms with van der Waals surface area (Å²) in [7, 11) is 1.64. The molecule has 3 rings (SSSR count). The number of rotatable bonds is 5. The van der Waals surface area contributed by atoms with Gasteiger partial charge in [0.1, 0.15) is 23.1 Å². The number of carbonyl (C=O) groups excluding carboxylic acids is 1. The van der Waals surface area contributed by atoms with Crippen LogP contribution < -0.4 is 5.32 Å². The van der Waals surface area contributed by atoms with E-state index in [1.54, 1.807) is 36.7 Å². The van der Waals surface area contributed by atoms with Crippen LogP contribution in [0.1, 0.15) is 6.92 Å². The first-order chi connectivity index (χ1) is 12.9. The zero-order chi connectivity index (χ0) is 19.6. The van der Waals surface area contributed by atoms with E-state index in [-0.39, 0.29) is 5.56 Å². The van der Waals surface area contributed by atoms with Crippen LogP contribution >= 0.6 is 11.8 Å². The fourth-order valence-corrected chi connectivity index (χ4v) is 3.16. The van der Waals surface area contributed by atoms with Crippen molar-refractivity contribution in [1.29, 1.82) is 0 Å². The third kappa shape index (κ3) is 3.97. The second-order valence-corrected chi connectivity index (χ2v) is 7.00. The number of nitrogens with one attached hydrogen (secondary N) is 1. The number of amides is 1. The van der Waals surface area contributed by atoms with Crippen molar-refractivity contribution in [2.45, 2.75) is 17.3 Å². The van der Waals surface area contributed by atoms with Crippen LogP contribution in [0, 0.1) is 17.5 Å². The molecule has 2 aromatic carbocycles. The number of benzene rings is 2. The average Bonchev–Trinajstić information content (AvgIpc) is 2.99. The smallest absolute Gasteiger partial charge is 0.237 e. The van der Waals surface area contributed by atoms with Gasteiger partial charge in [0.25, 0.3) is 0 Å². The molecule has 0 fully saturated rings. The van der Waals surface area contributed by atoms with Crippen LogP contribution in [-0.4, -0.2) is 25.9 Å². The summed E-state index contributed by atoms with van der Waals surface area (Å²) >= 11 is 1.04. The van der Waals surface area contributed by atoms with Gasteiger partial charge < -0.3 is 9.88 Å². The number of anilines is 1. The molecule has 140 valence electrons. The molecule has 0 aliphatic carbocycles. The minimum Gasteiger partial charge on any atom is -0.320 e. The first-order valence-corrected chi connectivity index (χ1v) is 8.82. The third-order valence-corrected chi connectivity index (χ3v) is 4.95. The number of thioether (sulfide) groups is 1. The monoisotopic (exact) mass is 392 g/mol. The number of carbonyl (C=O) groups is 1. The molecule has 0 radical (unpaired) electrons. The van der Waals surface area contributed by atoms with Crippen LogP contribution in [0.5, 0.6) is 0 Å². The molecule has 1 aromatic heterocycles. The predicted octanol–water partition coefficient (Wildman–Crippen LogP) is 4.02. The van der Waals surface area contributed by atoms with Crippen molar-refractivity contribution in [2.24, 2.45) is 7.05 Å². The first-order valence-electron chi connectivity index (χ1n) is 7.94. The topological polar surface area (TPSA) is 59.8 Å². The van der Waals surface area contributed by atoms with Gasteiger partial charge in [-0.2, -0.15) is 0 Å². The highest BCUT2D eigenvalue weighted by atomic mass is 32.2. The van der Waals surface area contributed by atoms with Gasteiger partial charge in [-0.25, -0.2) is 13.2 Å². The van der Waals surface area contributed by atoms with Gasteiger partial charge >= 0.3 is 0 Å². The molecule has 0 aliphatic rings. The Balaban J connectivity index is 1.76. The van der Waals surface area contributed by atoms with Gasteiger partial charge in [-0.15, -0.1) is 10.2 Å². The summed E-state index contributed by atoms with van der Waals surface area (Å²) < 4.78 is 42.8. The van der Waals surface area contributed by atoms with E-state index in [9.17, 15) is 18.0 Å². The van der Waals surface area contributed by atoms with Gasteiger partial charge in [0, 0.05) is 7.05 Å². The van der Waals surface area contributed by atoms with Gasteiger partial charge in [-0.3, -0.25) is 4.79 Å². The summed E-state index contributed by atoms with van der Waals surface area (Å²) in [5.74, 6) is -2.45. The Hall–Kier alpha value is -2.81. The molecule has 3 aromatic rings. The minimum atomic E-state index is -0.860. The van der Waals surface area contributed by atoms with Crippen molar-refractivity contribution in [2.75, 3.05) is 5.32 Å². The minimum absolute atomic E-state index is 0.282. The summed E-state index contributed by atoms with van der Waals surface area (Å²) in [6.45, 7) is 1.57. The number of hydrogen-bond donors (Lipinski definition) is 1. The predicted molar refractivity (Wildman–Crippen MR) is 96.7 cm³/mol. The van der Waals surface area contributed by atoms with Gasteiger partial charge in [0.2, 0.25) is 5.91 Å². The molecular formula is C18H15F3N4OS. The molecule has 1 heterocycles. The van der Waals surface area contributed by atoms with Crippen LogP contribution in [0.4, 0.5) is 18.9 Å². The average molecular weight is 392 g/mol. The molecule has 1 atom stereocenters. The second kappa shape index (κ2) is 7.83. The van der Waals surface area contributed by atoms with Gasteiger partial charge in [-0.1, -0.05) is 30.0 Å². The molecule has 1 amide bonds. The Bertz CT molecular complexity index is 972. The number of hydrogen-bond acceptors (Lipinski definition) is 4. The van der Waals surface area contributed by atoms with Crippen molar-refractivity contribution < 1.29 is 18.0 Å². The van der Waals surface area contributed by atoms with Crippen LogP contribution in [0.25, 0.3) is 11.4 Å². The Morgan fingerprint density at radius 1 is 1.04 bits per heavy atom. The van der Waals surface area contributed by atoms with E-state index < -0.39 is 34.3 Å². The highest BCUT2D eigenvalue weighted by Crippen LogP contribution is 2.28. The molecule has 0 saturated carbocycles. The van der Waals surface area contributed by atoms with Crippen molar-refractivity contribution in [1.82, 2.24) is 14.8 Å². The zero-order valence-corrected chi connectivity index (χ0v) is 15.2. The lowest BCUT2D eigenvalue weighted by Gasteiger charge is -2.12. The number of para-hydroxylation sites is 1. The maximum atomic E-state index is 14.0. The molecule has 1 N–H and O–H groups in total. The van der Waals surface area contributed by atoms with E-state index in [0.717, 1.165) is 23.9 Å². The molecule has 1 unspecified atom stereocenters. The highest BCUT2D eigenvalue weighted by molar-refractivity contribution is 8.00. The molecule has 0 saturated heterocycles. The first kappa shape index (κ1) is 19.0. The normalized spacial score (nSPS) is 12.0. The van der Waals surface area contributed by atoms with Crippen molar-refractivity contribution >= 4 is 23.4 Å². The lowest BCUT2D eigenvalue weighted by atomic mass is 10.2. The van der Waals surface area contributed by atoms with Crippen LogP contribution in [0.3, 0.4) is 0 Å². The molecule has 5 nitrogen and oxygen atoms in total. The van der Waals surface area contributed by atoms with Crippen molar-refractivity contribution in [3.05, 3.63) is 59.9 Å². The Morgan fingerprint density at radius 2 is 1.67 bits per heavy atom. The maximum Gasteiger partial charge on any atom is 0.237 e. The summed E-state index contributed by atoms with van der Waals surface area (Å²) in [5.41, 5.74) is -0.218. The summed E-state index contributed by atoms with van der Waals surface area (Å²) in [6.07, 6.45) is 0. The zero-order valence-electron chi connectivity index (χ0n) is 14.4. The van der Waals surface area contributed by atoms with Crippen molar-refractivity contribution in [3.8, 4) is 11.4 Å². The van der Waals surface area contributed by atoms with Crippen molar-refractivity contribution in [3.63, 3.8) is 0 Å². The van der Waals surface area contributed by atoms with Gasteiger partial charge in [-0.05, 0) is 31.2 Å². The van der Waals surface area contributed by atoms with Gasteiger partial charge in [0.05, 0.1) is 10.8 Å². The lowest BCUT2D eigenvalue weighted by molar-refractivity contribution is -0.115. The van der Waals surface area contributed by atoms with Crippen LogP contribution in [0.2, 0.25) is 0 Å². The van der Waals surface area contributed by atoms with E-state index in [2.05, 4.69) is 15.5 Å². The SMILES string of the molecule is CC(Sc1nnc(-c2ccccc2F)n1C)C(=O)Nc1c(F)cccc1F. The third-order valence-electron chi connectivity index (χ3n) is 3.81. The Morgan fingerprint density at radius 3 is 2.33 bits per heavy atom. The number of nitrogens with zero attached hydrogens (tertiary/aromatic N) is 3. The number of halogens is 3. The van der Waals surface area contributed by atoms with Gasteiger partial charge in [0.15, 0.2) is 11.0 Å². The molecule has 0 aliphatic heterocycles. The molecule has 27 heavy (non-hydrogen) atoms. The summed E-state index contributed by atoms with van der Waals surface area (Å²) in [6, 6.07) is 9.46. The molecular weight excluding hydrogens is 377 g/mol. The standard InChI is InChI=1S/C18H15F3N4OS/c1-10(17(26)22-15-13(20)8-5-9-14(15)21)27-18-24-23-16(25(18)2)11-6-3-4-7-12(11)19/h3-10H,1-2H3,(H,22,26). The lowest BCUT2D eigenvalue weighted by Crippen LogP contribution is -2.24. The molecule has 0 bridgehead atoms. The summed E-state index contributed by atoms with van der Waals surface area (Å²) in [5, 5.41) is 9.83. The van der Waals surface area contributed by atoms with Crippen LogP contribution in [0.15, 0.2) is 47.6 Å². The van der Waals surface area contributed by atoms with E-state index in [0.29, 0.717) is 11.0 Å². The quantitative estimate of drug-likeness (QED) is 0.667. The second-order valence-electron chi connectivity index (χ2n) is 5.69. The molecule has 9 heteroatoms. The maximum absolute atomic E-state index is 14.0. The Labute approximate surface area is 157 Å². The van der Waals surface area contributed by atoms with E-state index in [1.165, 1.54) is 12.1 Å². The highest BCUT2D eigenvalue weighted by Gasteiger charge is 2.22. The number of aromatic nitrogens is 3. The van der Waals surface area contributed by atoms with Crippen LogP contribution in [-0.2, 0) is 11.8 Å². The fraction of sp³-hybridized carbons (Fsp3) is 0.167. The van der Waals surface area contributed by atoms with E-state index in [1.807, 2.05) is 0 Å². The molecule has 0 spiro atoms. The fourth-order valence-electron chi connectivity index (χ4n) is 2.35.